The fraction of sp³-hybridized carbons (Fsp3) is 0. The molecule has 0 aliphatic rings. The van der Waals surface area contributed by atoms with Gasteiger partial charge in [0.15, 0.2) is 0 Å². The minimum absolute atomic E-state index is 1.26. The van der Waals surface area contributed by atoms with E-state index >= 15 is 0 Å². The lowest BCUT2D eigenvalue weighted by Gasteiger charge is -2.17. The molecule has 0 amide bonds. The summed E-state index contributed by atoms with van der Waals surface area (Å²) in [6, 6.07) is 42.4. The molecule has 0 N–H and O–H groups in total. The third kappa shape index (κ3) is 2.86. The largest absolute Gasteiger partial charge is 0.142 e. The first-order chi connectivity index (χ1) is 17.9. The molecule has 0 spiro atoms. The van der Waals surface area contributed by atoms with Gasteiger partial charge in [-0.3, -0.25) is 0 Å². The number of hydrogen-bond acceptors (Lipinski definition) is 2. The van der Waals surface area contributed by atoms with Crippen LogP contribution in [0.15, 0.2) is 121 Å². The Morgan fingerprint density at radius 1 is 0.417 bits per heavy atom. The Labute approximate surface area is 216 Å². The fourth-order valence-corrected chi connectivity index (χ4v) is 8.07. The van der Waals surface area contributed by atoms with Gasteiger partial charge in [-0.25, -0.2) is 0 Å². The molecule has 0 radical (unpaired) electrons. The van der Waals surface area contributed by atoms with Gasteiger partial charge in [-0.05, 0) is 66.7 Å². The molecular weight excluding hydrogens is 473 g/mol. The van der Waals surface area contributed by atoms with E-state index in [0.717, 1.165) is 0 Å². The van der Waals surface area contributed by atoms with E-state index in [1.54, 1.807) is 0 Å². The molecule has 0 saturated heterocycles. The molecule has 0 fully saturated rings. The second kappa shape index (κ2) is 7.76. The van der Waals surface area contributed by atoms with Crippen molar-refractivity contribution in [1.29, 1.82) is 0 Å². The minimum atomic E-state index is 1.26. The molecule has 0 nitrogen and oxygen atoms in total. The molecule has 8 rings (SSSR count). The van der Waals surface area contributed by atoms with Crippen LogP contribution in [0.1, 0.15) is 0 Å². The van der Waals surface area contributed by atoms with Gasteiger partial charge in [0.2, 0.25) is 0 Å². The summed E-state index contributed by atoms with van der Waals surface area (Å²) >= 11 is 3.77. The molecule has 0 atom stereocenters. The summed E-state index contributed by atoms with van der Waals surface area (Å²) in [5, 5.41) is 11.5. The normalized spacial score (nSPS) is 11.9. The molecule has 0 bridgehead atoms. The topological polar surface area (TPSA) is 0 Å². The van der Waals surface area contributed by atoms with Gasteiger partial charge < -0.3 is 0 Å². The molecule has 2 aromatic heterocycles. The Kier molecular flexibility index (Phi) is 4.36. The van der Waals surface area contributed by atoms with E-state index in [1.807, 2.05) is 22.7 Å². The van der Waals surface area contributed by atoms with Crippen LogP contribution >= 0.6 is 22.7 Å². The quantitative estimate of drug-likeness (QED) is 0.211. The molecular formula is C34H20S2. The van der Waals surface area contributed by atoms with Gasteiger partial charge in [-0.15, -0.1) is 22.7 Å². The van der Waals surface area contributed by atoms with Crippen molar-refractivity contribution in [2.24, 2.45) is 0 Å². The van der Waals surface area contributed by atoms with E-state index in [1.165, 1.54) is 74.1 Å². The maximum atomic E-state index is 2.41. The van der Waals surface area contributed by atoms with Crippen LogP contribution in [0, 0.1) is 0 Å². The van der Waals surface area contributed by atoms with Gasteiger partial charge in [0.05, 0.1) is 9.40 Å². The third-order valence-electron chi connectivity index (χ3n) is 7.34. The predicted molar refractivity (Wildman–Crippen MR) is 161 cm³/mol. The highest BCUT2D eigenvalue weighted by atomic mass is 32.1. The SMILES string of the molecule is c1ccc(-c2c3ccccc3c(-c3ccc4c(c3)sc3c4ccc4ccsc43)c3ccccc23)cc1. The average molecular weight is 493 g/mol. The van der Waals surface area contributed by atoms with Crippen LogP contribution in [0.3, 0.4) is 0 Å². The Morgan fingerprint density at radius 2 is 1.03 bits per heavy atom. The number of benzene rings is 6. The predicted octanol–water partition coefficient (Wildman–Crippen LogP) is 10.9. The van der Waals surface area contributed by atoms with E-state index in [4.69, 9.17) is 0 Å². The van der Waals surface area contributed by atoms with Crippen molar-refractivity contribution in [3.05, 3.63) is 121 Å². The molecule has 2 heteroatoms. The maximum Gasteiger partial charge on any atom is 0.0533 e. The van der Waals surface area contributed by atoms with Gasteiger partial charge in [0.1, 0.15) is 0 Å². The first-order valence-electron chi connectivity index (χ1n) is 12.2. The Morgan fingerprint density at radius 3 is 1.72 bits per heavy atom. The molecule has 8 aromatic rings. The zero-order chi connectivity index (χ0) is 23.6. The number of fused-ring (bicyclic) bond motifs is 7. The van der Waals surface area contributed by atoms with Crippen molar-refractivity contribution in [2.75, 3.05) is 0 Å². The fourth-order valence-electron chi connectivity index (χ4n) is 5.77. The Bertz CT molecular complexity index is 2030. The lowest BCUT2D eigenvalue weighted by Crippen LogP contribution is -1.90. The van der Waals surface area contributed by atoms with Crippen molar-refractivity contribution in [2.45, 2.75) is 0 Å². The summed E-state index contributed by atoms with van der Waals surface area (Å²) in [6.07, 6.45) is 0. The molecule has 168 valence electrons. The standard InChI is InChI=1S/C34H20S2/c1-2-8-21(9-3-1)31-25-10-4-6-12-27(25)32(28-13-7-5-11-26(28)31)23-15-16-24-29-17-14-22-18-19-35-33(22)34(29)36-30(24)20-23/h1-20H. The van der Waals surface area contributed by atoms with Gasteiger partial charge in [0, 0.05) is 15.5 Å². The molecule has 2 heterocycles. The van der Waals surface area contributed by atoms with Crippen LogP contribution in [0.4, 0.5) is 0 Å². The molecule has 36 heavy (non-hydrogen) atoms. The van der Waals surface area contributed by atoms with Gasteiger partial charge in [-0.1, -0.05) is 103 Å². The minimum Gasteiger partial charge on any atom is -0.142 e. The highest BCUT2D eigenvalue weighted by Gasteiger charge is 2.17. The molecule has 0 unspecified atom stereocenters. The van der Waals surface area contributed by atoms with Crippen LogP contribution in [0.25, 0.3) is 74.1 Å². The lowest BCUT2D eigenvalue weighted by atomic mass is 9.86. The van der Waals surface area contributed by atoms with Crippen LogP contribution in [-0.4, -0.2) is 0 Å². The van der Waals surface area contributed by atoms with Gasteiger partial charge in [0.25, 0.3) is 0 Å². The number of hydrogen-bond donors (Lipinski definition) is 0. The lowest BCUT2D eigenvalue weighted by molar-refractivity contribution is 1.66. The van der Waals surface area contributed by atoms with Crippen molar-refractivity contribution >= 4 is 74.5 Å². The van der Waals surface area contributed by atoms with Crippen molar-refractivity contribution < 1.29 is 0 Å². The van der Waals surface area contributed by atoms with Crippen LogP contribution < -0.4 is 0 Å². The first-order valence-corrected chi connectivity index (χ1v) is 13.9. The highest BCUT2D eigenvalue weighted by Crippen LogP contribution is 2.46. The summed E-state index contributed by atoms with van der Waals surface area (Å²) < 4.78 is 4.16. The second-order valence-corrected chi connectivity index (χ2v) is 11.3. The zero-order valence-corrected chi connectivity index (χ0v) is 21.0. The van der Waals surface area contributed by atoms with E-state index in [2.05, 4.69) is 121 Å². The Balaban J connectivity index is 1.48. The zero-order valence-electron chi connectivity index (χ0n) is 19.4. The number of rotatable bonds is 2. The summed E-state index contributed by atoms with van der Waals surface area (Å²) in [5.41, 5.74) is 5.18. The van der Waals surface area contributed by atoms with E-state index in [-0.39, 0.29) is 0 Å². The first kappa shape index (κ1) is 20.2. The van der Waals surface area contributed by atoms with Crippen molar-refractivity contribution in [1.82, 2.24) is 0 Å². The molecule has 6 aromatic carbocycles. The summed E-state index contributed by atoms with van der Waals surface area (Å²) in [7, 11) is 0. The Hall–Kier alpha value is -3.98. The summed E-state index contributed by atoms with van der Waals surface area (Å²) in [4.78, 5) is 0. The smallest absolute Gasteiger partial charge is 0.0533 e. The summed E-state index contributed by atoms with van der Waals surface area (Å²) in [6.45, 7) is 0. The third-order valence-corrected chi connectivity index (χ3v) is 9.61. The second-order valence-electron chi connectivity index (χ2n) is 9.30. The van der Waals surface area contributed by atoms with Crippen molar-refractivity contribution in [3.8, 4) is 22.3 Å². The molecule has 0 saturated carbocycles. The molecule has 0 aliphatic carbocycles. The summed E-state index contributed by atoms with van der Waals surface area (Å²) in [5.74, 6) is 0. The van der Waals surface area contributed by atoms with Gasteiger partial charge in [-0.2, -0.15) is 0 Å². The van der Waals surface area contributed by atoms with Crippen LogP contribution in [0.2, 0.25) is 0 Å². The van der Waals surface area contributed by atoms with Crippen LogP contribution in [0.5, 0.6) is 0 Å². The van der Waals surface area contributed by atoms with Crippen molar-refractivity contribution in [3.63, 3.8) is 0 Å². The number of thiophene rings is 2. The van der Waals surface area contributed by atoms with Gasteiger partial charge >= 0.3 is 0 Å². The molecule has 0 aliphatic heterocycles. The van der Waals surface area contributed by atoms with E-state index in [0.29, 0.717) is 0 Å². The van der Waals surface area contributed by atoms with Crippen LogP contribution in [-0.2, 0) is 0 Å². The van der Waals surface area contributed by atoms with E-state index < -0.39 is 0 Å². The maximum absolute atomic E-state index is 2.41. The average Bonchev–Trinajstić information content (AvgIpc) is 3.56. The highest BCUT2D eigenvalue weighted by molar-refractivity contribution is 7.30. The monoisotopic (exact) mass is 492 g/mol. The van der Waals surface area contributed by atoms with E-state index in [9.17, 15) is 0 Å².